The highest BCUT2D eigenvalue weighted by Gasteiger charge is 2.31. The molecule has 1 amide bonds. The van der Waals surface area contributed by atoms with E-state index in [9.17, 15) is 4.79 Å². The second-order valence-electron chi connectivity index (χ2n) is 6.33. The fourth-order valence-electron chi connectivity index (χ4n) is 2.82. The van der Waals surface area contributed by atoms with Crippen molar-refractivity contribution >= 4 is 51.9 Å². The highest BCUT2D eigenvalue weighted by Crippen LogP contribution is 2.39. The molecule has 150 valence electrons. The molecule has 0 unspecified atom stereocenters. The third kappa shape index (κ3) is 4.83. The monoisotopic (exact) mass is 445 g/mol. The molecule has 0 N–H and O–H groups in total. The van der Waals surface area contributed by atoms with E-state index in [2.05, 4.69) is 6.58 Å². The lowest BCUT2D eigenvalue weighted by molar-refractivity contribution is -0.121. The molecular weight excluding hydrogens is 426 g/mol. The van der Waals surface area contributed by atoms with Crippen molar-refractivity contribution in [1.82, 2.24) is 4.90 Å². The van der Waals surface area contributed by atoms with E-state index in [1.165, 1.54) is 16.7 Å². The molecule has 0 aromatic heterocycles. The van der Waals surface area contributed by atoms with E-state index in [1.54, 1.807) is 31.4 Å². The summed E-state index contributed by atoms with van der Waals surface area (Å²) in [6, 6.07) is 11.5. The zero-order valence-electron chi connectivity index (χ0n) is 16.1. The number of carbonyl (C=O) groups is 1. The number of ether oxygens (including phenoxy) is 2. The lowest BCUT2D eigenvalue weighted by Crippen LogP contribution is -2.27. The van der Waals surface area contributed by atoms with Gasteiger partial charge in [-0.1, -0.05) is 65.9 Å². The summed E-state index contributed by atoms with van der Waals surface area (Å²) in [6.07, 6.45) is 3.40. The van der Waals surface area contributed by atoms with E-state index >= 15 is 0 Å². The first-order valence-corrected chi connectivity index (χ1v) is 10.5. The van der Waals surface area contributed by atoms with Gasteiger partial charge < -0.3 is 9.47 Å². The predicted molar refractivity (Wildman–Crippen MR) is 124 cm³/mol. The molecule has 2 aromatic carbocycles. The van der Waals surface area contributed by atoms with Crippen LogP contribution in [0.25, 0.3) is 6.08 Å². The Morgan fingerprint density at radius 3 is 2.76 bits per heavy atom. The average Bonchev–Trinajstić information content (AvgIpc) is 2.95. The first-order chi connectivity index (χ1) is 13.9. The molecule has 1 fully saturated rings. The zero-order valence-corrected chi connectivity index (χ0v) is 18.5. The molecule has 1 aliphatic heterocycles. The van der Waals surface area contributed by atoms with E-state index < -0.39 is 0 Å². The molecule has 0 atom stereocenters. The number of methoxy groups -OCH3 is 1. The Balaban J connectivity index is 1.85. The third-order valence-corrected chi connectivity index (χ3v) is 6.03. The van der Waals surface area contributed by atoms with Gasteiger partial charge in [-0.2, -0.15) is 0 Å². The Morgan fingerprint density at radius 2 is 2.07 bits per heavy atom. The molecule has 2 aromatic rings. The summed E-state index contributed by atoms with van der Waals surface area (Å²) in [5.41, 5.74) is 2.94. The molecule has 3 rings (SSSR count). The van der Waals surface area contributed by atoms with Crippen molar-refractivity contribution in [3.63, 3.8) is 0 Å². The van der Waals surface area contributed by atoms with Crippen LogP contribution in [0, 0.1) is 6.92 Å². The number of benzene rings is 2. The average molecular weight is 446 g/mol. The van der Waals surface area contributed by atoms with Gasteiger partial charge in [0, 0.05) is 6.54 Å². The summed E-state index contributed by atoms with van der Waals surface area (Å²) < 4.78 is 11.9. The Kier molecular flexibility index (Phi) is 7.00. The Bertz CT molecular complexity index is 1000. The minimum Gasteiger partial charge on any atom is -0.493 e. The normalized spacial score (nSPS) is 15.1. The molecule has 4 nitrogen and oxygen atoms in total. The number of hydrogen-bond donors (Lipinski definition) is 0. The van der Waals surface area contributed by atoms with Crippen LogP contribution in [0.4, 0.5) is 0 Å². The van der Waals surface area contributed by atoms with Gasteiger partial charge in [0.05, 0.1) is 17.0 Å². The van der Waals surface area contributed by atoms with Crippen LogP contribution < -0.4 is 9.47 Å². The van der Waals surface area contributed by atoms with Crippen LogP contribution in [0.2, 0.25) is 5.02 Å². The molecule has 0 saturated carbocycles. The number of amides is 1. The van der Waals surface area contributed by atoms with Gasteiger partial charge in [0.25, 0.3) is 5.91 Å². The van der Waals surface area contributed by atoms with Gasteiger partial charge >= 0.3 is 0 Å². The van der Waals surface area contributed by atoms with Crippen LogP contribution in [0.15, 0.2) is 54.0 Å². The molecule has 1 saturated heterocycles. The number of rotatable bonds is 7. The summed E-state index contributed by atoms with van der Waals surface area (Å²) in [4.78, 5) is 14.6. The number of nitrogens with zero attached hydrogens (tertiary/aromatic N) is 1. The summed E-state index contributed by atoms with van der Waals surface area (Å²) in [7, 11) is 1.56. The maximum atomic E-state index is 12.5. The lowest BCUT2D eigenvalue weighted by Gasteiger charge is -2.14. The molecule has 0 aliphatic carbocycles. The second-order valence-corrected chi connectivity index (χ2v) is 8.41. The third-order valence-electron chi connectivity index (χ3n) is 4.37. The first kappa shape index (κ1) is 21.4. The first-order valence-electron chi connectivity index (χ1n) is 8.85. The van der Waals surface area contributed by atoms with Crippen LogP contribution in [-0.4, -0.2) is 28.8 Å². The van der Waals surface area contributed by atoms with Gasteiger partial charge in [-0.05, 0) is 41.8 Å². The van der Waals surface area contributed by atoms with Gasteiger partial charge in [-0.3, -0.25) is 9.69 Å². The molecule has 0 radical (unpaired) electrons. The van der Waals surface area contributed by atoms with Gasteiger partial charge in [0.1, 0.15) is 10.9 Å². The minimum atomic E-state index is -0.144. The fraction of sp³-hybridized carbons (Fsp3) is 0.182. The number of carbonyl (C=O) groups excluding carboxylic acids is 1. The van der Waals surface area contributed by atoms with E-state index in [4.69, 9.17) is 33.3 Å². The summed E-state index contributed by atoms with van der Waals surface area (Å²) in [5.74, 6) is 0.822. The van der Waals surface area contributed by atoms with Crippen molar-refractivity contribution in [2.75, 3.05) is 13.7 Å². The standard InChI is InChI=1S/C22H20ClNO3S2/c1-4-9-24-21(25)19(29-22(24)28)12-15-10-17(23)20(18(11-15)26-3)27-13-16-8-6-5-7-14(16)2/h4-8,10-12H,1,9,13H2,2-3H3/b19-12-. The quantitative estimate of drug-likeness (QED) is 0.314. The van der Waals surface area contributed by atoms with Crippen LogP contribution in [0.1, 0.15) is 16.7 Å². The van der Waals surface area contributed by atoms with Gasteiger partial charge in [0.15, 0.2) is 11.5 Å². The second kappa shape index (κ2) is 9.48. The van der Waals surface area contributed by atoms with Crippen molar-refractivity contribution in [3.8, 4) is 11.5 Å². The van der Waals surface area contributed by atoms with Crippen molar-refractivity contribution < 1.29 is 14.3 Å². The molecule has 7 heteroatoms. The molecular formula is C22H20ClNO3S2. The van der Waals surface area contributed by atoms with E-state index in [1.807, 2.05) is 31.2 Å². The largest absolute Gasteiger partial charge is 0.493 e. The number of halogens is 1. The van der Waals surface area contributed by atoms with Crippen LogP contribution in [0.3, 0.4) is 0 Å². The van der Waals surface area contributed by atoms with Crippen molar-refractivity contribution in [2.24, 2.45) is 0 Å². The fourth-order valence-corrected chi connectivity index (χ4v) is 4.37. The Labute approximate surface area is 185 Å². The van der Waals surface area contributed by atoms with Crippen LogP contribution in [-0.2, 0) is 11.4 Å². The topological polar surface area (TPSA) is 38.8 Å². The van der Waals surface area contributed by atoms with E-state index in [0.717, 1.165) is 16.7 Å². The predicted octanol–water partition coefficient (Wildman–Crippen LogP) is 5.62. The van der Waals surface area contributed by atoms with Crippen molar-refractivity contribution in [2.45, 2.75) is 13.5 Å². The van der Waals surface area contributed by atoms with E-state index in [-0.39, 0.29) is 5.91 Å². The molecule has 1 heterocycles. The molecule has 1 aliphatic rings. The van der Waals surface area contributed by atoms with Crippen molar-refractivity contribution in [1.29, 1.82) is 0 Å². The lowest BCUT2D eigenvalue weighted by atomic mass is 10.1. The minimum absolute atomic E-state index is 0.144. The number of thiocarbonyl (C=S) groups is 1. The zero-order chi connectivity index (χ0) is 21.0. The smallest absolute Gasteiger partial charge is 0.266 e. The Morgan fingerprint density at radius 1 is 1.31 bits per heavy atom. The number of thioether (sulfide) groups is 1. The van der Waals surface area contributed by atoms with Gasteiger partial charge in [-0.15, -0.1) is 6.58 Å². The van der Waals surface area contributed by atoms with Gasteiger partial charge in [0.2, 0.25) is 0 Å². The van der Waals surface area contributed by atoms with Crippen LogP contribution in [0.5, 0.6) is 11.5 Å². The number of aryl methyl sites for hydroxylation is 1. The van der Waals surface area contributed by atoms with E-state index in [0.29, 0.717) is 38.9 Å². The SMILES string of the molecule is C=CCN1C(=O)/C(=C/c2cc(Cl)c(OCc3ccccc3C)c(OC)c2)SC1=S. The van der Waals surface area contributed by atoms with Gasteiger partial charge in [-0.25, -0.2) is 0 Å². The highest BCUT2D eigenvalue weighted by atomic mass is 35.5. The molecule has 0 spiro atoms. The highest BCUT2D eigenvalue weighted by molar-refractivity contribution is 8.26. The summed E-state index contributed by atoms with van der Waals surface area (Å²) in [5, 5.41) is 0.408. The Hall–Kier alpha value is -2.28. The molecule has 29 heavy (non-hydrogen) atoms. The maximum Gasteiger partial charge on any atom is 0.266 e. The van der Waals surface area contributed by atoms with Crippen molar-refractivity contribution in [3.05, 3.63) is 75.7 Å². The van der Waals surface area contributed by atoms with Crippen LogP contribution >= 0.6 is 35.6 Å². The number of hydrogen-bond acceptors (Lipinski definition) is 5. The summed E-state index contributed by atoms with van der Waals surface area (Å²) in [6.45, 7) is 6.46. The molecule has 0 bridgehead atoms. The summed E-state index contributed by atoms with van der Waals surface area (Å²) >= 11 is 13.0. The maximum absolute atomic E-state index is 12.5.